The number of ether oxygens (including phenoxy) is 2. The molecule has 0 saturated heterocycles. The van der Waals surface area contributed by atoms with Gasteiger partial charge in [-0.3, -0.25) is 4.79 Å². The summed E-state index contributed by atoms with van der Waals surface area (Å²) in [4.78, 5) is 24.5. The number of benzene rings is 2. The minimum Gasteiger partial charge on any atom is -0.496 e. The van der Waals surface area contributed by atoms with Gasteiger partial charge in [0.1, 0.15) is 11.3 Å². The Balaban J connectivity index is 2.23. The van der Waals surface area contributed by atoms with Crippen LogP contribution in [-0.2, 0) is 9.53 Å². The molecular formula is C19H23NO4. The molecule has 2 rings (SSSR count). The van der Waals surface area contributed by atoms with Gasteiger partial charge in [-0.2, -0.15) is 0 Å². The third kappa shape index (κ3) is 4.25. The molecule has 0 heterocycles. The number of fused-ring (bicyclic) bond motifs is 1. The average Bonchev–Trinajstić information content (AvgIpc) is 2.51. The molecule has 0 aliphatic carbocycles. The van der Waals surface area contributed by atoms with Gasteiger partial charge in [0.25, 0.3) is 5.91 Å². The van der Waals surface area contributed by atoms with E-state index < -0.39 is 17.6 Å². The zero-order valence-electron chi connectivity index (χ0n) is 14.7. The Morgan fingerprint density at radius 2 is 1.67 bits per heavy atom. The summed E-state index contributed by atoms with van der Waals surface area (Å²) < 4.78 is 10.6. The second-order valence-corrected chi connectivity index (χ2v) is 6.69. The number of esters is 1. The molecule has 24 heavy (non-hydrogen) atoms. The van der Waals surface area contributed by atoms with E-state index in [0.29, 0.717) is 11.3 Å². The Labute approximate surface area is 141 Å². The maximum Gasteiger partial charge on any atom is 0.342 e. The number of hydrogen-bond donors (Lipinski definition) is 1. The van der Waals surface area contributed by atoms with Crippen LogP contribution in [-0.4, -0.2) is 30.6 Å². The molecular weight excluding hydrogens is 306 g/mol. The molecule has 5 nitrogen and oxygen atoms in total. The van der Waals surface area contributed by atoms with Gasteiger partial charge in [-0.15, -0.1) is 0 Å². The topological polar surface area (TPSA) is 64.6 Å². The van der Waals surface area contributed by atoms with E-state index in [1.165, 1.54) is 7.11 Å². The molecule has 0 spiro atoms. The van der Waals surface area contributed by atoms with Crippen molar-refractivity contribution in [2.45, 2.75) is 39.3 Å². The van der Waals surface area contributed by atoms with Gasteiger partial charge >= 0.3 is 5.97 Å². The van der Waals surface area contributed by atoms with Crippen molar-refractivity contribution in [3.05, 3.63) is 42.0 Å². The molecule has 2 aromatic carbocycles. The van der Waals surface area contributed by atoms with Gasteiger partial charge in [-0.05, 0) is 50.6 Å². The van der Waals surface area contributed by atoms with Crippen LogP contribution in [0.4, 0.5) is 0 Å². The van der Waals surface area contributed by atoms with E-state index in [0.717, 1.165) is 10.8 Å². The fraction of sp³-hybridized carbons (Fsp3) is 0.368. The van der Waals surface area contributed by atoms with Crippen LogP contribution in [0, 0.1) is 0 Å². The third-order valence-electron chi connectivity index (χ3n) is 3.44. The van der Waals surface area contributed by atoms with Crippen molar-refractivity contribution >= 4 is 22.6 Å². The van der Waals surface area contributed by atoms with E-state index in [2.05, 4.69) is 5.32 Å². The lowest BCUT2D eigenvalue weighted by molar-refractivity contribution is -0.130. The van der Waals surface area contributed by atoms with Crippen molar-refractivity contribution in [3.8, 4) is 5.75 Å². The van der Waals surface area contributed by atoms with E-state index in [9.17, 15) is 9.59 Å². The van der Waals surface area contributed by atoms with E-state index in [1.807, 2.05) is 45.0 Å². The minimum absolute atomic E-state index is 0.298. The molecule has 0 radical (unpaired) electrons. The smallest absolute Gasteiger partial charge is 0.342 e. The van der Waals surface area contributed by atoms with E-state index in [4.69, 9.17) is 9.47 Å². The predicted octanol–water partition coefficient (Wildman–Crippen LogP) is 3.31. The van der Waals surface area contributed by atoms with Crippen molar-refractivity contribution in [3.63, 3.8) is 0 Å². The second kappa shape index (κ2) is 6.91. The maximum atomic E-state index is 12.5. The summed E-state index contributed by atoms with van der Waals surface area (Å²) in [7, 11) is 1.50. The van der Waals surface area contributed by atoms with Gasteiger partial charge in [-0.1, -0.05) is 24.3 Å². The Hall–Kier alpha value is -2.56. The van der Waals surface area contributed by atoms with Crippen LogP contribution in [0.1, 0.15) is 38.1 Å². The molecule has 1 N–H and O–H groups in total. The number of rotatable bonds is 4. The molecule has 1 amide bonds. The van der Waals surface area contributed by atoms with E-state index in [1.54, 1.807) is 19.1 Å². The maximum absolute atomic E-state index is 12.5. The highest BCUT2D eigenvalue weighted by Gasteiger charge is 2.24. The van der Waals surface area contributed by atoms with Crippen molar-refractivity contribution in [1.29, 1.82) is 0 Å². The molecule has 2 aromatic rings. The van der Waals surface area contributed by atoms with E-state index >= 15 is 0 Å². The summed E-state index contributed by atoms with van der Waals surface area (Å²) in [6.45, 7) is 7.15. The van der Waals surface area contributed by atoms with Gasteiger partial charge in [0, 0.05) is 5.54 Å². The highest BCUT2D eigenvalue weighted by atomic mass is 16.5. The Kier molecular flexibility index (Phi) is 5.12. The first-order valence-electron chi connectivity index (χ1n) is 7.81. The second-order valence-electron chi connectivity index (χ2n) is 6.69. The van der Waals surface area contributed by atoms with Gasteiger partial charge in [-0.25, -0.2) is 4.79 Å². The number of nitrogens with one attached hydrogen (secondary N) is 1. The molecule has 0 fully saturated rings. The summed E-state index contributed by atoms with van der Waals surface area (Å²) in [5.74, 6) is -0.508. The zero-order valence-corrected chi connectivity index (χ0v) is 14.7. The van der Waals surface area contributed by atoms with Crippen molar-refractivity contribution < 1.29 is 19.1 Å². The summed E-state index contributed by atoms with van der Waals surface area (Å²) in [6.07, 6.45) is -0.895. The summed E-state index contributed by atoms with van der Waals surface area (Å²) in [5.41, 5.74) is -0.0927. The van der Waals surface area contributed by atoms with E-state index in [-0.39, 0.29) is 5.91 Å². The number of hydrogen-bond acceptors (Lipinski definition) is 4. The largest absolute Gasteiger partial charge is 0.496 e. The average molecular weight is 329 g/mol. The fourth-order valence-corrected chi connectivity index (χ4v) is 2.30. The lowest BCUT2D eigenvalue weighted by atomic mass is 10.1. The van der Waals surface area contributed by atoms with Gasteiger partial charge < -0.3 is 14.8 Å². The highest BCUT2D eigenvalue weighted by molar-refractivity contribution is 5.99. The quantitative estimate of drug-likeness (QED) is 0.874. The van der Waals surface area contributed by atoms with Crippen molar-refractivity contribution in [2.24, 2.45) is 0 Å². The predicted molar refractivity (Wildman–Crippen MR) is 93.3 cm³/mol. The first-order valence-corrected chi connectivity index (χ1v) is 7.81. The normalized spacial score (nSPS) is 12.5. The number of methoxy groups -OCH3 is 1. The van der Waals surface area contributed by atoms with Crippen LogP contribution in [0.3, 0.4) is 0 Å². The number of amides is 1. The lowest BCUT2D eigenvalue weighted by Crippen LogP contribution is -2.46. The molecule has 1 atom stereocenters. The molecule has 0 aliphatic rings. The molecule has 128 valence electrons. The van der Waals surface area contributed by atoms with Crippen molar-refractivity contribution in [2.75, 3.05) is 7.11 Å². The third-order valence-corrected chi connectivity index (χ3v) is 3.44. The highest BCUT2D eigenvalue weighted by Crippen LogP contribution is 2.26. The zero-order chi connectivity index (χ0) is 17.9. The van der Waals surface area contributed by atoms with Crippen LogP contribution in [0.15, 0.2) is 36.4 Å². The monoisotopic (exact) mass is 329 g/mol. The van der Waals surface area contributed by atoms with Crippen LogP contribution < -0.4 is 10.1 Å². The van der Waals surface area contributed by atoms with Crippen LogP contribution in [0.25, 0.3) is 10.8 Å². The summed E-state index contributed by atoms with van der Waals surface area (Å²) in [5, 5.41) is 4.65. The van der Waals surface area contributed by atoms with Crippen LogP contribution in [0.2, 0.25) is 0 Å². The Morgan fingerprint density at radius 1 is 1.08 bits per heavy atom. The van der Waals surface area contributed by atoms with Gasteiger partial charge in [0.2, 0.25) is 0 Å². The molecule has 5 heteroatoms. The Morgan fingerprint density at radius 3 is 2.21 bits per heavy atom. The molecule has 0 saturated carbocycles. The van der Waals surface area contributed by atoms with Crippen LogP contribution in [0.5, 0.6) is 5.75 Å². The van der Waals surface area contributed by atoms with Gasteiger partial charge in [0.15, 0.2) is 6.10 Å². The SMILES string of the molecule is COc1cc2ccccc2cc1C(=O)OC(C)C(=O)NC(C)(C)C. The fourth-order valence-electron chi connectivity index (χ4n) is 2.30. The first kappa shape index (κ1) is 17.8. The first-order chi connectivity index (χ1) is 11.2. The molecule has 0 aliphatic heterocycles. The van der Waals surface area contributed by atoms with Crippen LogP contribution >= 0.6 is 0 Å². The summed E-state index contributed by atoms with van der Waals surface area (Å²) >= 11 is 0. The molecule has 0 bridgehead atoms. The standard InChI is InChI=1S/C19H23NO4/c1-12(17(21)20-19(2,3)4)24-18(22)15-10-13-8-6-7-9-14(13)11-16(15)23-5/h6-12H,1-5H3,(H,20,21). The van der Waals surface area contributed by atoms with Crippen molar-refractivity contribution in [1.82, 2.24) is 5.32 Å². The van der Waals surface area contributed by atoms with Gasteiger partial charge in [0.05, 0.1) is 7.11 Å². The molecule has 1 unspecified atom stereocenters. The molecule has 0 aromatic heterocycles. The number of carbonyl (C=O) groups excluding carboxylic acids is 2. The summed E-state index contributed by atoms with van der Waals surface area (Å²) in [6, 6.07) is 11.1. The Bertz CT molecular complexity index is 762. The lowest BCUT2D eigenvalue weighted by Gasteiger charge is -2.23. The minimum atomic E-state index is -0.895. The number of carbonyl (C=O) groups is 2.